The molecule has 0 atom stereocenters. The molecule has 0 aliphatic rings. The van der Waals surface area contributed by atoms with Gasteiger partial charge in [0.15, 0.2) is 0 Å². The van der Waals surface area contributed by atoms with Crippen LogP contribution in [0, 0.1) is 0 Å². The normalized spacial score (nSPS) is 12.0. The van der Waals surface area contributed by atoms with Gasteiger partial charge in [-0.3, -0.25) is 0 Å². The highest BCUT2D eigenvalue weighted by Crippen LogP contribution is 2.22. The Labute approximate surface area is 314 Å². The quantitative estimate of drug-likeness (QED) is 0.0441. The summed E-state index contributed by atoms with van der Waals surface area (Å²) in [7, 11) is 0. The molecular formula is C48H100N+. The zero-order valence-electron chi connectivity index (χ0n) is 35.6. The summed E-state index contributed by atoms with van der Waals surface area (Å²) in [5, 5.41) is 0. The van der Waals surface area contributed by atoms with E-state index >= 15 is 0 Å². The molecule has 0 bridgehead atoms. The van der Waals surface area contributed by atoms with Crippen LogP contribution in [0.15, 0.2) is 0 Å². The second-order valence-electron chi connectivity index (χ2n) is 17.0. The standard InChI is InChI=1S/C48H100N/c1-5-9-13-17-21-25-26-27-28-32-36-40-44-48-49(45-41-37-33-29-22-18-14-10-6-2,46-42-38-34-30-23-19-15-11-7-3)47-43-39-35-31-24-20-16-12-8-4/h5-48H2,1-4H3/q+1. The molecule has 0 saturated heterocycles. The summed E-state index contributed by atoms with van der Waals surface area (Å²) in [4.78, 5) is 0. The minimum atomic E-state index is 1.37. The highest BCUT2D eigenvalue weighted by Gasteiger charge is 2.25. The monoisotopic (exact) mass is 691 g/mol. The fourth-order valence-electron chi connectivity index (χ4n) is 8.41. The molecule has 0 aromatic carbocycles. The Morgan fingerprint density at radius 1 is 0.163 bits per heavy atom. The van der Waals surface area contributed by atoms with Crippen molar-refractivity contribution in [1.29, 1.82) is 0 Å². The minimum absolute atomic E-state index is 1.37. The molecule has 0 saturated carbocycles. The predicted molar refractivity (Wildman–Crippen MR) is 227 cm³/mol. The Morgan fingerprint density at radius 3 is 0.429 bits per heavy atom. The molecule has 0 spiro atoms. The van der Waals surface area contributed by atoms with E-state index in [0.717, 1.165) is 0 Å². The van der Waals surface area contributed by atoms with Crippen LogP contribution in [-0.2, 0) is 0 Å². The highest BCUT2D eigenvalue weighted by molar-refractivity contribution is 4.56. The smallest absolute Gasteiger partial charge is 0.0786 e. The molecule has 1 heteroatoms. The lowest BCUT2D eigenvalue weighted by Gasteiger charge is -2.40. The van der Waals surface area contributed by atoms with E-state index in [1.807, 2.05) is 0 Å². The first-order chi connectivity index (χ1) is 24.2. The number of hydrogen-bond acceptors (Lipinski definition) is 0. The molecule has 0 amide bonds. The zero-order chi connectivity index (χ0) is 35.6. The summed E-state index contributed by atoms with van der Waals surface area (Å²) < 4.78 is 1.49. The van der Waals surface area contributed by atoms with Gasteiger partial charge in [-0.05, 0) is 51.4 Å². The fraction of sp³-hybridized carbons (Fsp3) is 1.00. The molecule has 0 heterocycles. The number of rotatable bonds is 44. The van der Waals surface area contributed by atoms with Gasteiger partial charge in [0.25, 0.3) is 0 Å². The van der Waals surface area contributed by atoms with Gasteiger partial charge in [-0.2, -0.15) is 0 Å². The number of hydrogen-bond donors (Lipinski definition) is 0. The number of unbranched alkanes of at least 4 members (excludes halogenated alkanes) is 36. The van der Waals surface area contributed by atoms with Crippen molar-refractivity contribution in [1.82, 2.24) is 0 Å². The summed E-state index contributed by atoms with van der Waals surface area (Å²) in [6.45, 7) is 15.3. The summed E-state index contributed by atoms with van der Waals surface area (Å²) >= 11 is 0. The minimum Gasteiger partial charge on any atom is -0.324 e. The lowest BCUT2D eigenvalue weighted by molar-refractivity contribution is -0.929. The van der Waals surface area contributed by atoms with Crippen molar-refractivity contribution in [3.05, 3.63) is 0 Å². The van der Waals surface area contributed by atoms with E-state index in [0.29, 0.717) is 0 Å². The van der Waals surface area contributed by atoms with Crippen LogP contribution in [0.5, 0.6) is 0 Å². The Morgan fingerprint density at radius 2 is 0.286 bits per heavy atom. The average molecular weight is 691 g/mol. The Kier molecular flexibility index (Phi) is 42.3. The van der Waals surface area contributed by atoms with Crippen molar-refractivity contribution in [2.75, 3.05) is 26.2 Å². The third-order valence-electron chi connectivity index (χ3n) is 11.9. The second kappa shape index (κ2) is 42.4. The summed E-state index contributed by atoms with van der Waals surface area (Å²) in [5.74, 6) is 0. The molecule has 1 nitrogen and oxygen atoms in total. The van der Waals surface area contributed by atoms with Crippen LogP contribution in [0.1, 0.15) is 285 Å². The largest absolute Gasteiger partial charge is 0.324 e. The molecule has 0 N–H and O–H groups in total. The van der Waals surface area contributed by atoms with E-state index in [1.54, 1.807) is 0 Å². The van der Waals surface area contributed by atoms with E-state index in [4.69, 9.17) is 0 Å². The first-order valence-electron chi connectivity index (χ1n) is 24.1. The lowest BCUT2D eigenvalue weighted by atomic mass is 10.0. The number of nitrogens with zero attached hydrogens (tertiary/aromatic N) is 1. The number of quaternary nitrogens is 1. The van der Waals surface area contributed by atoms with Crippen LogP contribution in [0.4, 0.5) is 0 Å². The van der Waals surface area contributed by atoms with E-state index in [9.17, 15) is 0 Å². The molecule has 0 unspecified atom stereocenters. The van der Waals surface area contributed by atoms with Gasteiger partial charge in [-0.25, -0.2) is 0 Å². The van der Waals surface area contributed by atoms with Crippen molar-refractivity contribution in [3.8, 4) is 0 Å². The van der Waals surface area contributed by atoms with Crippen LogP contribution in [0.3, 0.4) is 0 Å². The molecule has 0 radical (unpaired) electrons. The first-order valence-corrected chi connectivity index (χ1v) is 24.1. The maximum absolute atomic E-state index is 2.34. The summed E-state index contributed by atoms with van der Waals surface area (Å²) in [6, 6.07) is 0. The molecule has 0 rings (SSSR count). The highest BCUT2D eigenvalue weighted by atomic mass is 15.3. The van der Waals surface area contributed by atoms with Crippen LogP contribution in [0.25, 0.3) is 0 Å². The van der Waals surface area contributed by atoms with E-state index in [-0.39, 0.29) is 0 Å². The maximum Gasteiger partial charge on any atom is 0.0786 e. The molecule has 0 aliphatic heterocycles. The van der Waals surface area contributed by atoms with Crippen molar-refractivity contribution >= 4 is 0 Å². The van der Waals surface area contributed by atoms with Gasteiger partial charge in [-0.1, -0.05) is 233 Å². The zero-order valence-corrected chi connectivity index (χ0v) is 35.6. The molecule has 49 heavy (non-hydrogen) atoms. The topological polar surface area (TPSA) is 0 Å². The van der Waals surface area contributed by atoms with Crippen molar-refractivity contribution in [3.63, 3.8) is 0 Å². The molecule has 0 aromatic heterocycles. The van der Waals surface area contributed by atoms with Gasteiger partial charge >= 0.3 is 0 Å². The van der Waals surface area contributed by atoms with Crippen LogP contribution in [0.2, 0.25) is 0 Å². The Balaban J connectivity index is 4.81. The third-order valence-corrected chi connectivity index (χ3v) is 11.9. The van der Waals surface area contributed by atoms with Gasteiger partial charge < -0.3 is 4.48 Å². The third kappa shape index (κ3) is 37.5. The van der Waals surface area contributed by atoms with Crippen LogP contribution >= 0.6 is 0 Å². The second-order valence-corrected chi connectivity index (χ2v) is 17.0. The molecule has 0 aromatic rings. The van der Waals surface area contributed by atoms with Gasteiger partial charge in [0.2, 0.25) is 0 Å². The summed E-state index contributed by atoms with van der Waals surface area (Å²) in [6.07, 6.45) is 58.7. The molecule has 296 valence electrons. The van der Waals surface area contributed by atoms with Gasteiger partial charge in [-0.15, -0.1) is 0 Å². The van der Waals surface area contributed by atoms with Crippen molar-refractivity contribution < 1.29 is 4.48 Å². The van der Waals surface area contributed by atoms with E-state index in [1.165, 1.54) is 287 Å². The fourth-order valence-corrected chi connectivity index (χ4v) is 8.41. The van der Waals surface area contributed by atoms with E-state index in [2.05, 4.69) is 27.7 Å². The van der Waals surface area contributed by atoms with Gasteiger partial charge in [0.05, 0.1) is 26.2 Å². The van der Waals surface area contributed by atoms with Gasteiger partial charge in [0.1, 0.15) is 0 Å². The van der Waals surface area contributed by atoms with Gasteiger partial charge in [0, 0.05) is 0 Å². The molecule has 0 fully saturated rings. The van der Waals surface area contributed by atoms with E-state index < -0.39 is 0 Å². The predicted octanol–water partition coefficient (Wildman–Crippen LogP) is 17.5. The van der Waals surface area contributed by atoms with Crippen molar-refractivity contribution in [2.24, 2.45) is 0 Å². The first kappa shape index (κ1) is 49.0. The summed E-state index contributed by atoms with van der Waals surface area (Å²) in [5.41, 5.74) is 0. The Hall–Kier alpha value is -0.0400. The lowest BCUT2D eigenvalue weighted by Crippen LogP contribution is -2.50. The van der Waals surface area contributed by atoms with Crippen LogP contribution in [-0.4, -0.2) is 30.7 Å². The SMILES string of the molecule is CCCCCCCCCCCCCCC[N+](CCCCCCCCCCC)(CCCCCCCCCCC)CCCCCCCCCCC. The molecule has 0 aliphatic carbocycles. The molecular weight excluding hydrogens is 591 g/mol. The average Bonchev–Trinajstić information content (AvgIpc) is 3.11. The van der Waals surface area contributed by atoms with Crippen LogP contribution < -0.4 is 0 Å². The Bertz CT molecular complexity index is 514. The maximum atomic E-state index is 2.34. The van der Waals surface area contributed by atoms with Crippen molar-refractivity contribution in [2.45, 2.75) is 285 Å².